The zero-order valence-electron chi connectivity index (χ0n) is 13.4. The van der Waals surface area contributed by atoms with Crippen molar-refractivity contribution in [1.82, 2.24) is 5.32 Å². The van der Waals surface area contributed by atoms with Crippen molar-refractivity contribution in [1.29, 1.82) is 0 Å². The van der Waals surface area contributed by atoms with E-state index in [-0.39, 0.29) is 18.2 Å². The SMILES string of the molecule is COc1cc(C2NC(=O)c3ccccc3N2)ccc1OC(C)C. The summed E-state index contributed by atoms with van der Waals surface area (Å²) in [5.41, 5.74) is 2.37. The van der Waals surface area contributed by atoms with Gasteiger partial charge in [-0.05, 0) is 43.7 Å². The van der Waals surface area contributed by atoms with Crippen molar-refractivity contribution in [3.8, 4) is 11.5 Å². The molecule has 1 amide bonds. The molecule has 2 aromatic rings. The van der Waals surface area contributed by atoms with Gasteiger partial charge in [-0.1, -0.05) is 18.2 Å². The molecule has 0 saturated carbocycles. The molecule has 5 heteroatoms. The first-order valence-corrected chi connectivity index (χ1v) is 7.59. The molecular weight excluding hydrogens is 292 g/mol. The van der Waals surface area contributed by atoms with Gasteiger partial charge >= 0.3 is 0 Å². The number of fused-ring (bicyclic) bond motifs is 1. The standard InChI is InChI=1S/C18H20N2O3/c1-11(2)23-15-9-8-12(10-16(15)22-3)17-19-14-7-5-4-6-13(14)18(21)20-17/h4-11,17,19H,1-3H3,(H,20,21). The summed E-state index contributed by atoms with van der Waals surface area (Å²) in [4.78, 5) is 12.2. The number of carbonyl (C=O) groups is 1. The number of benzene rings is 2. The van der Waals surface area contributed by atoms with Crippen LogP contribution in [-0.2, 0) is 0 Å². The molecule has 0 fully saturated rings. The van der Waals surface area contributed by atoms with Gasteiger partial charge in [-0.25, -0.2) is 0 Å². The maximum absolute atomic E-state index is 12.2. The van der Waals surface area contributed by atoms with Crippen LogP contribution in [0.25, 0.3) is 0 Å². The number of hydrogen-bond donors (Lipinski definition) is 2. The number of amides is 1. The molecule has 23 heavy (non-hydrogen) atoms. The number of carbonyl (C=O) groups excluding carboxylic acids is 1. The number of ether oxygens (including phenoxy) is 2. The second kappa shape index (κ2) is 6.20. The number of anilines is 1. The van der Waals surface area contributed by atoms with Crippen LogP contribution in [0.4, 0.5) is 5.69 Å². The number of rotatable bonds is 4. The third kappa shape index (κ3) is 3.08. The van der Waals surface area contributed by atoms with E-state index in [1.807, 2.05) is 50.2 Å². The summed E-state index contributed by atoms with van der Waals surface area (Å²) in [6.07, 6.45) is -0.242. The third-order valence-corrected chi connectivity index (χ3v) is 3.63. The normalized spacial score (nSPS) is 16.3. The van der Waals surface area contributed by atoms with Gasteiger partial charge in [-0.3, -0.25) is 4.79 Å². The van der Waals surface area contributed by atoms with Crippen molar-refractivity contribution in [2.75, 3.05) is 12.4 Å². The van der Waals surface area contributed by atoms with Crippen LogP contribution < -0.4 is 20.1 Å². The van der Waals surface area contributed by atoms with E-state index in [1.54, 1.807) is 13.2 Å². The van der Waals surface area contributed by atoms with E-state index in [4.69, 9.17) is 9.47 Å². The highest BCUT2D eigenvalue weighted by atomic mass is 16.5. The summed E-state index contributed by atoms with van der Waals surface area (Å²) in [7, 11) is 1.61. The lowest BCUT2D eigenvalue weighted by atomic mass is 10.1. The summed E-state index contributed by atoms with van der Waals surface area (Å²) in [6, 6.07) is 13.1. The molecule has 1 heterocycles. The summed E-state index contributed by atoms with van der Waals surface area (Å²) in [5.74, 6) is 1.24. The van der Waals surface area contributed by atoms with Crippen molar-refractivity contribution in [3.05, 3.63) is 53.6 Å². The Bertz CT molecular complexity index is 728. The lowest BCUT2D eigenvalue weighted by Gasteiger charge is -2.28. The van der Waals surface area contributed by atoms with Crippen LogP contribution in [-0.4, -0.2) is 19.1 Å². The van der Waals surface area contributed by atoms with Gasteiger partial charge in [-0.2, -0.15) is 0 Å². The second-order valence-corrected chi connectivity index (χ2v) is 5.67. The van der Waals surface area contributed by atoms with Gasteiger partial charge in [0, 0.05) is 5.69 Å². The van der Waals surface area contributed by atoms with Gasteiger partial charge in [0.05, 0.1) is 18.8 Å². The molecule has 2 aromatic carbocycles. The first-order chi connectivity index (χ1) is 11.1. The van der Waals surface area contributed by atoms with Crippen molar-refractivity contribution in [2.24, 2.45) is 0 Å². The lowest BCUT2D eigenvalue weighted by molar-refractivity contribution is 0.0935. The van der Waals surface area contributed by atoms with E-state index < -0.39 is 0 Å². The van der Waals surface area contributed by atoms with Gasteiger partial charge in [0.15, 0.2) is 11.5 Å². The fourth-order valence-electron chi connectivity index (χ4n) is 2.59. The number of para-hydroxylation sites is 1. The van der Waals surface area contributed by atoms with Gasteiger partial charge in [0.1, 0.15) is 6.17 Å². The first kappa shape index (κ1) is 15.2. The Morgan fingerprint density at radius 3 is 2.57 bits per heavy atom. The highest BCUT2D eigenvalue weighted by Gasteiger charge is 2.24. The summed E-state index contributed by atoms with van der Waals surface area (Å²) >= 11 is 0. The van der Waals surface area contributed by atoms with Crippen LogP contribution in [0.15, 0.2) is 42.5 Å². The first-order valence-electron chi connectivity index (χ1n) is 7.59. The molecular formula is C18H20N2O3. The average molecular weight is 312 g/mol. The van der Waals surface area contributed by atoms with Crippen LogP contribution in [0.5, 0.6) is 11.5 Å². The van der Waals surface area contributed by atoms with E-state index >= 15 is 0 Å². The van der Waals surface area contributed by atoms with Crippen molar-refractivity contribution in [2.45, 2.75) is 26.1 Å². The van der Waals surface area contributed by atoms with Crippen LogP contribution in [0.3, 0.4) is 0 Å². The van der Waals surface area contributed by atoms with E-state index in [9.17, 15) is 4.79 Å². The van der Waals surface area contributed by atoms with Crippen LogP contribution >= 0.6 is 0 Å². The smallest absolute Gasteiger partial charge is 0.255 e. The molecule has 1 atom stereocenters. The van der Waals surface area contributed by atoms with Crippen LogP contribution in [0, 0.1) is 0 Å². The fraction of sp³-hybridized carbons (Fsp3) is 0.278. The summed E-state index contributed by atoms with van der Waals surface area (Å²) < 4.78 is 11.1. The summed E-state index contributed by atoms with van der Waals surface area (Å²) in [6.45, 7) is 3.93. The monoisotopic (exact) mass is 312 g/mol. The van der Waals surface area contributed by atoms with Crippen molar-refractivity contribution < 1.29 is 14.3 Å². The fourth-order valence-corrected chi connectivity index (χ4v) is 2.59. The lowest BCUT2D eigenvalue weighted by Crippen LogP contribution is -2.38. The van der Waals surface area contributed by atoms with Gasteiger partial charge < -0.3 is 20.1 Å². The Morgan fingerprint density at radius 2 is 1.83 bits per heavy atom. The molecule has 0 radical (unpaired) electrons. The molecule has 1 aliphatic heterocycles. The van der Waals surface area contributed by atoms with Crippen molar-refractivity contribution >= 4 is 11.6 Å². The maximum atomic E-state index is 12.2. The number of hydrogen-bond acceptors (Lipinski definition) is 4. The Labute approximate surface area is 135 Å². The Morgan fingerprint density at radius 1 is 1.04 bits per heavy atom. The van der Waals surface area contributed by atoms with E-state index in [0.29, 0.717) is 17.1 Å². The third-order valence-electron chi connectivity index (χ3n) is 3.63. The van der Waals surface area contributed by atoms with E-state index in [1.165, 1.54) is 0 Å². The van der Waals surface area contributed by atoms with Gasteiger partial charge in [-0.15, -0.1) is 0 Å². The molecule has 1 unspecified atom stereocenters. The maximum Gasteiger partial charge on any atom is 0.255 e. The quantitative estimate of drug-likeness (QED) is 0.909. The topological polar surface area (TPSA) is 59.6 Å². The number of methoxy groups -OCH3 is 1. The predicted molar refractivity (Wildman–Crippen MR) is 89.0 cm³/mol. The number of nitrogens with one attached hydrogen (secondary N) is 2. The molecule has 2 N–H and O–H groups in total. The molecule has 0 aromatic heterocycles. The molecule has 120 valence electrons. The largest absolute Gasteiger partial charge is 0.493 e. The molecule has 1 aliphatic rings. The second-order valence-electron chi connectivity index (χ2n) is 5.67. The Hall–Kier alpha value is -2.69. The van der Waals surface area contributed by atoms with E-state index in [2.05, 4.69) is 10.6 Å². The Kier molecular flexibility index (Phi) is 4.10. The van der Waals surface area contributed by atoms with Gasteiger partial charge in [0.25, 0.3) is 5.91 Å². The minimum absolute atomic E-state index is 0.0640. The molecule has 3 rings (SSSR count). The van der Waals surface area contributed by atoms with E-state index in [0.717, 1.165) is 11.3 Å². The molecule has 0 bridgehead atoms. The van der Waals surface area contributed by atoms with Crippen LogP contribution in [0.2, 0.25) is 0 Å². The van der Waals surface area contributed by atoms with Crippen LogP contribution in [0.1, 0.15) is 35.9 Å². The van der Waals surface area contributed by atoms with Crippen molar-refractivity contribution in [3.63, 3.8) is 0 Å². The highest BCUT2D eigenvalue weighted by molar-refractivity contribution is 6.01. The molecule has 0 spiro atoms. The average Bonchev–Trinajstić information content (AvgIpc) is 2.54. The highest BCUT2D eigenvalue weighted by Crippen LogP contribution is 2.33. The molecule has 0 saturated heterocycles. The predicted octanol–water partition coefficient (Wildman–Crippen LogP) is 3.34. The molecule has 0 aliphatic carbocycles. The Balaban J connectivity index is 1.89. The minimum Gasteiger partial charge on any atom is -0.493 e. The van der Waals surface area contributed by atoms with Gasteiger partial charge in [0.2, 0.25) is 0 Å². The minimum atomic E-state index is -0.306. The summed E-state index contributed by atoms with van der Waals surface area (Å²) in [5, 5.41) is 6.28. The zero-order valence-corrected chi connectivity index (χ0v) is 13.4. The zero-order chi connectivity index (χ0) is 16.4. The molecule has 5 nitrogen and oxygen atoms in total.